The van der Waals surface area contributed by atoms with Crippen molar-refractivity contribution in [2.45, 2.75) is 65.5 Å². The second-order valence-electron chi connectivity index (χ2n) is 8.54. The van der Waals surface area contributed by atoms with E-state index in [2.05, 4.69) is 41.5 Å². The van der Waals surface area contributed by atoms with Gasteiger partial charge in [0.25, 0.3) is 0 Å². The van der Waals surface area contributed by atoms with E-state index in [1.165, 1.54) is 11.2 Å². The van der Waals surface area contributed by atoms with E-state index < -0.39 is 5.91 Å². The molecule has 1 aromatic carbocycles. The molecule has 2 amide bonds. The number of nitrogens with zero attached hydrogens (tertiary/aromatic N) is 4. The third-order valence-corrected chi connectivity index (χ3v) is 6.27. The van der Waals surface area contributed by atoms with Crippen LogP contribution in [0.1, 0.15) is 63.2 Å². The first-order valence-corrected chi connectivity index (χ1v) is 10.3. The van der Waals surface area contributed by atoms with Crippen LogP contribution in [0.5, 0.6) is 0 Å². The van der Waals surface area contributed by atoms with Gasteiger partial charge in [-0.2, -0.15) is 4.80 Å². The molecule has 0 radical (unpaired) electrons. The van der Waals surface area contributed by atoms with E-state index in [9.17, 15) is 9.59 Å². The molecule has 1 saturated carbocycles. The van der Waals surface area contributed by atoms with Crippen LogP contribution in [0, 0.1) is 11.3 Å². The number of nitrogens with two attached hydrogens (primary N) is 1. The van der Waals surface area contributed by atoms with Gasteiger partial charge >= 0.3 is 0 Å². The van der Waals surface area contributed by atoms with Crippen LogP contribution >= 0.6 is 0 Å². The Hall–Kier alpha value is -2.77. The predicted molar refractivity (Wildman–Crippen MR) is 110 cm³/mol. The zero-order valence-electron chi connectivity index (χ0n) is 17.4. The lowest BCUT2D eigenvalue weighted by Crippen LogP contribution is -2.41. The van der Waals surface area contributed by atoms with E-state index in [-0.39, 0.29) is 18.5 Å². The minimum atomic E-state index is -0.489. The van der Waals surface area contributed by atoms with E-state index in [4.69, 9.17) is 5.73 Å². The van der Waals surface area contributed by atoms with Gasteiger partial charge in [-0.3, -0.25) is 9.59 Å². The Morgan fingerprint density at radius 2 is 1.83 bits per heavy atom. The van der Waals surface area contributed by atoms with E-state index in [0.29, 0.717) is 22.4 Å². The summed E-state index contributed by atoms with van der Waals surface area (Å²) in [7, 11) is 0. The van der Waals surface area contributed by atoms with Crippen molar-refractivity contribution >= 4 is 11.8 Å². The fraction of sp³-hybridized carbons (Fsp3) is 0.571. The van der Waals surface area contributed by atoms with Gasteiger partial charge in [-0.1, -0.05) is 39.3 Å². The third-order valence-electron chi connectivity index (χ3n) is 6.27. The van der Waals surface area contributed by atoms with Crippen LogP contribution in [0.25, 0.3) is 11.4 Å². The maximum absolute atomic E-state index is 12.4. The second kappa shape index (κ2) is 8.71. The van der Waals surface area contributed by atoms with Crippen LogP contribution < -0.4 is 11.1 Å². The summed E-state index contributed by atoms with van der Waals surface area (Å²) in [6.07, 6.45) is 5.52. The highest BCUT2D eigenvalue weighted by molar-refractivity contribution is 5.93. The topological polar surface area (TPSA) is 116 Å². The number of hydrogen-bond acceptors (Lipinski definition) is 5. The average molecular weight is 399 g/mol. The molecule has 8 heteroatoms. The van der Waals surface area contributed by atoms with Crippen LogP contribution in [-0.4, -0.2) is 38.1 Å². The van der Waals surface area contributed by atoms with Gasteiger partial charge in [0.1, 0.15) is 6.54 Å². The van der Waals surface area contributed by atoms with Crippen molar-refractivity contribution in [2.24, 2.45) is 17.1 Å². The van der Waals surface area contributed by atoms with E-state index in [0.717, 1.165) is 31.6 Å². The number of nitrogens with one attached hydrogen (secondary N) is 1. The number of tetrazole rings is 1. The lowest BCUT2D eigenvalue weighted by Gasteiger charge is -2.39. The maximum Gasteiger partial charge on any atom is 0.248 e. The highest BCUT2D eigenvalue weighted by Crippen LogP contribution is 2.40. The lowest BCUT2D eigenvalue weighted by atomic mass is 9.69. The van der Waals surface area contributed by atoms with Crippen molar-refractivity contribution in [3.63, 3.8) is 0 Å². The van der Waals surface area contributed by atoms with Crippen molar-refractivity contribution in [3.8, 4) is 11.4 Å². The largest absolute Gasteiger partial charge is 0.366 e. The number of amides is 2. The van der Waals surface area contributed by atoms with Gasteiger partial charge in [-0.05, 0) is 54.4 Å². The molecule has 3 N–H and O–H groups in total. The number of hydrogen-bond donors (Lipinski definition) is 2. The molecule has 0 spiro atoms. The molecule has 29 heavy (non-hydrogen) atoms. The van der Waals surface area contributed by atoms with Crippen molar-refractivity contribution < 1.29 is 9.59 Å². The molecule has 156 valence electrons. The van der Waals surface area contributed by atoms with Gasteiger partial charge in [0.2, 0.25) is 17.6 Å². The first-order valence-electron chi connectivity index (χ1n) is 10.3. The Bertz CT molecular complexity index is 850. The number of benzene rings is 1. The Morgan fingerprint density at radius 3 is 2.41 bits per heavy atom. The minimum absolute atomic E-state index is 0.0345. The van der Waals surface area contributed by atoms with Gasteiger partial charge in [-0.25, -0.2) is 0 Å². The molecule has 3 rings (SSSR count). The standard InChI is InChI=1S/C21H30N6O2/c1-4-21(2,3)16-9-11-17(12-10-16)23-18(28)13-27-25-20(24-26-27)15-7-5-14(6-8-15)19(22)29/h5-8,16-17H,4,9-13H2,1-3H3,(H2,22,29)(H,23,28). The highest BCUT2D eigenvalue weighted by Gasteiger charge is 2.32. The lowest BCUT2D eigenvalue weighted by molar-refractivity contribution is -0.123. The summed E-state index contributed by atoms with van der Waals surface area (Å²) in [4.78, 5) is 24.8. The summed E-state index contributed by atoms with van der Waals surface area (Å²) in [5, 5.41) is 15.3. The summed E-state index contributed by atoms with van der Waals surface area (Å²) in [6, 6.07) is 6.86. The fourth-order valence-corrected chi connectivity index (χ4v) is 3.92. The number of aromatic nitrogens is 4. The van der Waals surface area contributed by atoms with Crippen LogP contribution in [0.2, 0.25) is 0 Å². The van der Waals surface area contributed by atoms with Gasteiger partial charge in [0.05, 0.1) is 0 Å². The summed E-state index contributed by atoms with van der Waals surface area (Å²) < 4.78 is 0. The summed E-state index contributed by atoms with van der Waals surface area (Å²) in [5.74, 6) is 0.533. The zero-order valence-corrected chi connectivity index (χ0v) is 17.4. The minimum Gasteiger partial charge on any atom is -0.366 e. The molecule has 0 atom stereocenters. The first kappa shape index (κ1) is 21.0. The molecule has 1 heterocycles. The van der Waals surface area contributed by atoms with Crippen molar-refractivity contribution in [1.29, 1.82) is 0 Å². The molecule has 1 aliphatic carbocycles. The number of rotatable bonds is 7. The molecule has 1 aliphatic rings. The summed E-state index contributed by atoms with van der Waals surface area (Å²) in [5.41, 5.74) is 6.73. The Morgan fingerprint density at radius 1 is 1.17 bits per heavy atom. The van der Waals surface area contributed by atoms with Gasteiger partial charge < -0.3 is 11.1 Å². The second-order valence-corrected chi connectivity index (χ2v) is 8.54. The normalized spacial score (nSPS) is 19.7. The molecule has 0 unspecified atom stereocenters. The van der Waals surface area contributed by atoms with Crippen LogP contribution in [0.15, 0.2) is 24.3 Å². The monoisotopic (exact) mass is 398 g/mol. The maximum atomic E-state index is 12.4. The molecule has 0 aliphatic heterocycles. The molecular formula is C21H30N6O2. The van der Waals surface area contributed by atoms with Crippen LogP contribution in [0.4, 0.5) is 0 Å². The molecule has 1 aromatic heterocycles. The van der Waals surface area contributed by atoms with Crippen molar-refractivity contribution in [1.82, 2.24) is 25.5 Å². The number of carbonyl (C=O) groups is 2. The van der Waals surface area contributed by atoms with Crippen LogP contribution in [0.3, 0.4) is 0 Å². The molecule has 0 saturated heterocycles. The Labute approximate surface area is 171 Å². The van der Waals surface area contributed by atoms with Crippen molar-refractivity contribution in [3.05, 3.63) is 29.8 Å². The van der Waals surface area contributed by atoms with E-state index >= 15 is 0 Å². The smallest absolute Gasteiger partial charge is 0.248 e. The molecule has 8 nitrogen and oxygen atoms in total. The van der Waals surface area contributed by atoms with E-state index in [1.54, 1.807) is 24.3 Å². The molecule has 1 fully saturated rings. The van der Waals surface area contributed by atoms with Gasteiger partial charge in [0, 0.05) is 17.2 Å². The third kappa shape index (κ3) is 5.19. The van der Waals surface area contributed by atoms with Crippen LogP contribution in [-0.2, 0) is 11.3 Å². The van der Waals surface area contributed by atoms with Crippen molar-refractivity contribution in [2.75, 3.05) is 0 Å². The number of primary amides is 1. The Balaban J connectivity index is 1.51. The summed E-state index contributed by atoms with van der Waals surface area (Å²) in [6.45, 7) is 6.96. The zero-order chi connectivity index (χ0) is 21.0. The molecule has 0 bridgehead atoms. The van der Waals surface area contributed by atoms with Gasteiger partial charge in [0.15, 0.2) is 0 Å². The predicted octanol–water partition coefficient (Wildman–Crippen LogP) is 2.55. The average Bonchev–Trinajstić information content (AvgIpc) is 3.16. The quantitative estimate of drug-likeness (QED) is 0.743. The summed E-state index contributed by atoms with van der Waals surface area (Å²) >= 11 is 0. The highest BCUT2D eigenvalue weighted by atomic mass is 16.2. The fourth-order valence-electron chi connectivity index (χ4n) is 3.92. The van der Waals surface area contributed by atoms with E-state index in [1.807, 2.05) is 0 Å². The SMILES string of the molecule is CCC(C)(C)C1CCC(NC(=O)Cn2nnc(-c3ccc(C(N)=O)cc3)n2)CC1. The molecular weight excluding hydrogens is 368 g/mol. The molecule has 2 aromatic rings. The first-order chi connectivity index (χ1) is 13.8. The Kier molecular flexibility index (Phi) is 6.30. The number of carbonyl (C=O) groups excluding carboxylic acids is 2. The van der Waals surface area contributed by atoms with Gasteiger partial charge in [-0.15, -0.1) is 10.2 Å².